The van der Waals surface area contributed by atoms with E-state index in [1.165, 1.54) is 11.1 Å². The fraction of sp³-hybridized carbons (Fsp3) is 0.286. The lowest BCUT2D eigenvalue weighted by molar-refractivity contribution is -0.729. The Balaban J connectivity index is 1.77. The van der Waals surface area contributed by atoms with Crippen molar-refractivity contribution in [1.82, 2.24) is 4.68 Å². The Labute approximate surface area is 151 Å². The highest BCUT2D eigenvalue weighted by molar-refractivity contribution is 5.96. The number of fused-ring (bicyclic) bond motifs is 3. The van der Waals surface area contributed by atoms with Gasteiger partial charge in [-0.1, -0.05) is 30.3 Å². The third-order valence-electron chi connectivity index (χ3n) is 5.32. The highest BCUT2D eigenvalue weighted by atomic mass is 16.5. The molecule has 2 aliphatic heterocycles. The minimum atomic E-state index is 0.702. The third-order valence-corrected chi connectivity index (χ3v) is 5.32. The second-order valence-corrected chi connectivity index (χ2v) is 6.75. The van der Waals surface area contributed by atoms with E-state index in [9.17, 15) is 4.79 Å². The van der Waals surface area contributed by atoms with Gasteiger partial charge in [0.15, 0.2) is 18.2 Å². The Morgan fingerprint density at radius 1 is 1.04 bits per heavy atom. The highest BCUT2D eigenvalue weighted by Gasteiger charge is 2.33. The SMILES string of the molecule is O=C=C1CC[n+]2c3ccc(N4CCOCC4)cc3c(-c3ccccc3)n21. The second kappa shape index (κ2) is 6.13. The van der Waals surface area contributed by atoms with Gasteiger partial charge in [-0.25, -0.2) is 4.79 Å². The van der Waals surface area contributed by atoms with Gasteiger partial charge in [-0.3, -0.25) is 0 Å². The van der Waals surface area contributed by atoms with Crippen LogP contribution < -0.4 is 9.58 Å². The van der Waals surface area contributed by atoms with E-state index in [4.69, 9.17) is 4.74 Å². The molecule has 3 heterocycles. The Bertz CT molecular complexity index is 1030. The zero-order chi connectivity index (χ0) is 17.5. The zero-order valence-electron chi connectivity index (χ0n) is 14.5. The summed E-state index contributed by atoms with van der Waals surface area (Å²) < 4.78 is 9.73. The Morgan fingerprint density at radius 2 is 1.85 bits per heavy atom. The molecule has 130 valence electrons. The molecule has 5 nitrogen and oxygen atoms in total. The van der Waals surface area contributed by atoms with E-state index < -0.39 is 0 Å². The molecule has 5 heteroatoms. The Kier molecular flexibility index (Phi) is 3.63. The van der Waals surface area contributed by atoms with Crippen molar-refractivity contribution in [2.75, 3.05) is 31.2 Å². The number of benzene rings is 2. The summed E-state index contributed by atoms with van der Waals surface area (Å²) in [6, 6.07) is 16.9. The molecule has 1 aromatic heterocycles. The average molecular weight is 346 g/mol. The maximum absolute atomic E-state index is 11.5. The van der Waals surface area contributed by atoms with Gasteiger partial charge in [0.05, 0.1) is 25.0 Å². The fourth-order valence-corrected chi connectivity index (χ4v) is 4.09. The molecule has 0 saturated carbocycles. The first kappa shape index (κ1) is 15.4. The molecule has 5 rings (SSSR count). The number of rotatable bonds is 2. The van der Waals surface area contributed by atoms with E-state index in [1.54, 1.807) is 0 Å². The predicted molar refractivity (Wildman–Crippen MR) is 101 cm³/mol. The summed E-state index contributed by atoms with van der Waals surface area (Å²) in [5.41, 5.74) is 5.26. The summed E-state index contributed by atoms with van der Waals surface area (Å²) in [7, 11) is 0. The van der Waals surface area contributed by atoms with Gasteiger partial charge >= 0.3 is 0 Å². The third kappa shape index (κ3) is 2.29. The molecule has 2 aromatic carbocycles. The van der Waals surface area contributed by atoms with Gasteiger partial charge in [0, 0.05) is 30.4 Å². The van der Waals surface area contributed by atoms with Crippen molar-refractivity contribution in [1.29, 1.82) is 0 Å². The summed E-state index contributed by atoms with van der Waals surface area (Å²) >= 11 is 0. The number of aryl methyl sites for hydroxylation is 1. The van der Waals surface area contributed by atoms with Crippen LogP contribution in [-0.4, -0.2) is 36.9 Å². The Hall–Kier alpha value is -2.88. The zero-order valence-corrected chi connectivity index (χ0v) is 14.5. The Morgan fingerprint density at radius 3 is 2.62 bits per heavy atom. The van der Waals surface area contributed by atoms with Crippen molar-refractivity contribution in [2.45, 2.75) is 13.0 Å². The number of anilines is 1. The molecule has 0 unspecified atom stereocenters. The second-order valence-electron chi connectivity index (χ2n) is 6.75. The van der Waals surface area contributed by atoms with Gasteiger partial charge < -0.3 is 9.64 Å². The van der Waals surface area contributed by atoms with Crippen LogP contribution in [0.15, 0.2) is 48.5 Å². The first-order valence-electron chi connectivity index (χ1n) is 9.08. The number of morpholine rings is 1. The predicted octanol–water partition coefficient (Wildman–Crippen LogP) is 2.51. The molecule has 2 aliphatic rings. The summed E-state index contributed by atoms with van der Waals surface area (Å²) in [6.07, 6.45) is 0.727. The molecule has 3 aromatic rings. The van der Waals surface area contributed by atoms with Crippen LogP contribution in [-0.2, 0) is 16.1 Å². The van der Waals surface area contributed by atoms with Gasteiger partial charge in [0.2, 0.25) is 5.52 Å². The van der Waals surface area contributed by atoms with Gasteiger partial charge in [-0.2, -0.15) is 0 Å². The lowest BCUT2D eigenvalue weighted by Crippen LogP contribution is -2.37. The first-order chi connectivity index (χ1) is 12.9. The van der Waals surface area contributed by atoms with E-state index >= 15 is 0 Å². The van der Waals surface area contributed by atoms with Crippen LogP contribution in [0.4, 0.5) is 5.69 Å². The molecule has 0 aliphatic carbocycles. The van der Waals surface area contributed by atoms with Crippen molar-refractivity contribution in [3.05, 3.63) is 48.5 Å². The largest absolute Gasteiger partial charge is 0.378 e. The van der Waals surface area contributed by atoms with E-state index in [0.717, 1.165) is 56.0 Å². The molecular formula is C21H20N3O2+. The van der Waals surface area contributed by atoms with E-state index in [0.29, 0.717) is 5.70 Å². The molecule has 26 heavy (non-hydrogen) atoms. The van der Waals surface area contributed by atoms with E-state index in [2.05, 4.69) is 50.5 Å². The van der Waals surface area contributed by atoms with Crippen LogP contribution in [0.1, 0.15) is 6.42 Å². The number of hydrogen-bond donors (Lipinski definition) is 0. The number of carbonyl (C=O) groups excluding carboxylic acids is 1. The van der Waals surface area contributed by atoms with Gasteiger partial charge in [0.1, 0.15) is 5.69 Å². The van der Waals surface area contributed by atoms with Crippen LogP contribution in [0, 0.1) is 0 Å². The molecule has 0 bridgehead atoms. The number of ether oxygens (including phenoxy) is 1. The van der Waals surface area contributed by atoms with Crippen LogP contribution in [0.2, 0.25) is 0 Å². The number of nitrogens with zero attached hydrogens (tertiary/aromatic N) is 3. The maximum Gasteiger partial charge on any atom is 0.239 e. The van der Waals surface area contributed by atoms with E-state index in [-0.39, 0.29) is 0 Å². The van der Waals surface area contributed by atoms with Crippen LogP contribution in [0.5, 0.6) is 0 Å². The normalized spacial score (nSPS) is 16.8. The van der Waals surface area contributed by atoms with E-state index in [1.807, 2.05) is 18.2 Å². The lowest BCUT2D eigenvalue weighted by Gasteiger charge is -2.28. The summed E-state index contributed by atoms with van der Waals surface area (Å²) in [6.45, 7) is 4.16. The minimum Gasteiger partial charge on any atom is -0.378 e. The van der Waals surface area contributed by atoms with Crippen molar-refractivity contribution < 1.29 is 14.2 Å². The fourth-order valence-electron chi connectivity index (χ4n) is 4.09. The lowest BCUT2D eigenvalue weighted by atomic mass is 10.1. The molecule has 1 fully saturated rings. The molecule has 0 radical (unpaired) electrons. The maximum atomic E-state index is 11.5. The van der Waals surface area contributed by atoms with Crippen molar-refractivity contribution in [2.24, 2.45) is 0 Å². The number of aromatic nitrogens is 2. The quantitative estimate of drug-likeness (QED) is 0.529. The number of hydrogen-bond acceptors (Lipinski definition) is 3. The highest BCUT2D eigenvalue weighted by Crippen LogP contribution is 2.34. The molecule has 0 N–H and O–H groups in total. The standard InChI is InChI=1S/C21H20N3O2/c25-15-18-8-9-23-20-7-6-17(22-10-12-26-13-11-22)14-19(20)21(24(18)23)16-4-2-1-3-5-16/h1-7,14H,8-13H2/q+1. The minimum absolute atomic E-state index is 0.702. The van der Waals surface area contributed by atoms with Crippen LogP contribution in [0.3, 0.4) is 0 Å². The summed E-state index contributed by atoms with van der Waals surface area (Å²) in [4.78, 5) is 13.9. The van der Waals surface area contributed by atoms with Gasteiger partial charge in [0.25, 0.3) is 0 Å². The van der Waals surface area contributed by atoms with Crippen molar-refractivity contribution in [3.8, 4) is 11.3 Å². The van der Waals surface area contributed by atoms with Crippen LogP contribution >= 0.6 is 0 Å². The topological polar surface area (TPSA) is 38.4 Å². The van der Waals surface area contributed by atoms with Crippen molar-refractivity contribution in [3.63, 3.8) is 0 Å². The first-order valence-corrected chi connectivity index (χ1v) is 9.08. The number of allylic oxidation sites excluding steroid dienone is 1. The molecule has 0 atom stereocenters. The summed E-state index contributed by atoms with van der Waals surface area (Å²) in [5, 5.41) is 1.17. The smallest absolute Gasteiger partial charge is 0.239 e. The summed E-state index contributed by atoms with van der Waals surface area (Å²) in [5.74, 6) is 2.15. The van der Waals surface area contributed by atoms with Crippen LogP contribution in [0.25, 0.3) is 27.9 Å². The average Bonchev–Trinajstić information content (AvgIpc) is 3.26. The monoisotopic (exact) mass is 346 g/mol. The van der Waals surface area contributed by atoms with Crippen molar-refractivity contribution >= 4 is 28.2 Å². The molecular weight excluding hydrogens is 326 g/mol. The molecule has 1 saturated heterocycles. The molecule has 0 amide bonds. The van der Waals surface area contributed by atoms with Gasteiger partial charge in [-0.05, 0) is 12.1 Å². The molecule has 0 spiro atoms. The van der Waals surface area contributed by atoms with Gasteiger partial charge in [-0.15, -0.1) is 9.36 Å².